The van der Waals surface area contributed by atoms with Crippen molar-refractivity contribution < 1.29 is 17.9 Å². The molecule has 1 aliphatic rings. The molecule has 1 fully saturated rings. The normalized spacial score (nSPS) is 18.9. The number of ether oxygens (including phenoxy) is 1. The minimum atomic E-state index is -3.12. The van der Waals surface area contributed by atoms with Crippen LogP contribution in [0.15, 0.2) is 53.0 Å². The summed E-state index contributed by atoms with van der Waals surface area (Å²) in [5.74, 6) is 0.962. The van der Waals surface area contributed by atoms with E-state index in [0.717, 1.165) is 10.0 Å². The van der Waals surface area contributed by atoms with Crippen LogP contribution in [0.25, 0.3) is 0 Å². The van der Waals surface area contributed by atoms with Gasteiger partial charge in [-0.25, -0.2) is 8.42 Å². The van der Waals surface area contributed by atoms with Gasteiger partial charge in [0.1, 0.15) is 5.75 Å². The first-order valence-electron chi connectivity index (χ1n) is 10.2. The van der Waals surface area contributed by atoms with Crippen LogP contribution in [-0.2, 0) is 21.2 Å². The second-order valence-electron chi connectivity index (χ2n) is 8.14. The van der Waals surface area contributed by atoms with Crippen molar-refractivity contribution in [3.05, 3.63) is 64.1 Å². The quantitative estimate of drug-likeness (QED) is 0.567. The molecule has 0 saturated carbocycles. The second-order valence-corrected chi connectivity index (χ2v) is 11.3. The van der Waals surface area contributed by atoms with Gasteiger partial charge in [0.25, 0.3) is 5.91 Å². The third kappa shape index (κ3) is 5.85. The fourth-order valence-corrected chi connectivity index (χ4v) is 5.84. The van der Waals surface area contributed by atoms with Gasteiger partial charge in [-0.2, -0.15) is 0 Å². The van der Waals surface area contributed by atoms with Crippen molar-refractivity contribution in [3.8, 4) is 5.75 Å². The molecule has 2 unspecified atom stereocenters. The summed E-state index contributed by atoms with van der Waals surface area (Å²) in [5.41, 5.74) is 2.14. The molecule has 2 aromatic carbocycles. The Balaban J connectivity index is 1.78. The molecule has 0 aromatic heterocycles. The fourth-order valence-electron chi connectivity index (χ4n) is 3.66. The minimum Gasteiger partial charge on any atom is -0.481 e. The lowest BCUT2D eigenvalue weighted by Gasteiger charge is -2.31. The number of rotatable bonds is 7. The summed E-state index contributed by atoms with van der Waals surface area (Å²) in [4.78, 5) is 15.0. The highest BCUT2D eigenvalue weighted by atomic mass is 79.9. The molecule has 0 N–H and O–H groups in total. The molecule has 162 valence electrons. The fraction of sp³-hybridized carbons (Fsp3) is 0.435. The maximum Gasteiger partial charge on any atom is 0.263 e. The van der Waals surface area contributed by atoms with Gasteiger partial charge in [0, 0.05) is 17.1 Å². The van der Waals surface area contributed by atoms with E-state index in [1.807, 2.05) is 48.5 Å². The van der Waals surface area contributed by atoms with Crippen molar-refractivity contribution in [1.82, 2.24) is 4.90 Å². The minimum absolute atomic E-state index is 0.00253. The molecule has 7 heteroatoms. The number of nitrogens with zero attached hydrogens (tertiary/aromatic N) is 1. The highest BCUT2D eigenvalue weighted by molar-refractivity contribution is 9.10. The van der Waals surface area contributed by atoms with Gasteiger partial charge in [-0.3, -0.25) is 4.79 Å². The number of sulfone groups is 1. The zero-order valence-corrected chi connectivity index (χ0v) is 19.9. The molecule has 30 heavy (non-hydrogen) atoms. The van der Waals surface area contributed by atoms with E-state index in [4.69, 9.17) is 4.74 Å². The highest BCUT2D eigenvalue weighted by Crippen LogP contribution is 2.24. The maximum absolute atomic E-state index is 13.3. The van der Waals surface area contributed by atoms with Gasteiger partial charge in [0.15, 0.2) is 15.9 Å². The van der Waals surface area contributed by atoms with Crippen LogP contribution in [-0.4, -0.2) is 42.9 Å². The van der Waals surface area contributed by atoms with Crippen molar-refractivity contribution in [2.45, 2.75) is 51.8 Å². The van der Waals surface area contributed by atoms with Crippen molar-refractivity contribution >= 4 is 31.7 Å². The van der Waals surface area contributed by atoms with Crippen LogP contribution < -0.4 is 4.74 Å². The summed E-state index contributed by atoms with van der Waals surface area (Å²) >= 11 is 3.46. The van der Waals surface area contributed by atoms with Crippen molar-refractivity contribution in [3.63, 3.8) is 0 Å². The molecule has 0 bridgehead atoms. The van der Waals surface area contributed by atoms with Gasteiger partial charge in [-0.05, 0) is 54.7 Å². The molecule has 1 aliphatic heterocycles. The van der Waals surface area contributed by atoms with Crippen LogP contribution in [0.1, 0.15) is 44.2 Å². The lowest BCUT2D eigenvalue weighted by Crippen LogP contribution is -2.46. The number of hydrogen-bond donors (Lipinski definition) is 0. The largest absolute Gasteiger partial charge is 0.481 e. The van der Waals surface area contributed by atoms with Crippen LogP contribution in [0.3, 0.4) is 0 Å². The molecule has 1 amide bonds. The van der Waals surface area contributed by atoms with Gasteiger partial charge < -0.3 is 9.64 Å². The van der Waals surface area contributed by atoms with Gasteiger partial charge in [-0.1, -0.05) is 54.0 Å². The summed E-state index contributed by atoms with van der Waals surface area (Å²) in [6.07, 6.45) is -0.261. The predicted molar refractivity (Wildman–Crippen MR) is 122 cm³/mol. The molecule has 1 saturated heterocycles. The van der Waals surface area contributed by atoms with Gasteiger partial charge in [0.2, 0.25) is 0 Å². The zero-order chi connectivity index (χ0) is 21.9. The van der Waals surface area contributed by atoms with Crippen LogP contribution in [0, 0.1) is 0 Å². The number of hydrogen-bond acceptors (Lipinski definition) is 4. The van der Waals surface area contributed by atoms with E-state index in [2.05, 4.69) is 29.8 Å². The second kappa shape index (κ2) is 9.52. The van der Waals surface area contributed by atoms with Crippen LogP contribution in [0.5, 0.6) is 5.75 Å². The Morgan fingerprint density at radius 3 is 2.43 bits per heavy atom. The van der Waals surface area contributed by atoms with E-state index < -0.39 is 15.9 Å². The first-order valence-corrected chi connectivity index (χ1v) is 12.8. The Labute approximate surface area is 187 Å². The monoisotopic (exact) mass is 493 g/mol. The third-order valence-corrected chi connectivity index (χ3v) is 7.63. The van der Waals surface area contributed by atoms with E-state index in [1.54, 1.807) is 11.8 Å². The number of carbonyl (C=O) groups excluding carboxylic acids is 1. The summed E-state index contributed by atoms with van der Waals surface area (Å²) in [6.45, 7) is 6.31. The average molecular weight is 494 g/mol. The van der Waals surface area contributed by atoms with Crippen molar-refractivity contribution in [1.29, 1.82) is 0 Å². The summed E-state index contributed by atoms with van der Waals surface area (Å²) in [6, 6.07) is 15.1. The van der Waals surface area contributed by atoms with E-state index in [9.17, 15) is 13.2 Å². The van der Waals surface area contributed by atoms with Crippen molar-refractivity contribution in [2.75, 3.05) is 11.5 Å². The number of halogens is 1. The molecule has 2 aromatic rings. The number of carbonyl (C=O) groups is 1. The molecule has 1 heterocycles. The molecule has 0 spiro atoms. The van der Waals surface area contributed by atoms with E-state index in [-0.39, 0.29) is 23.5 Å². The molecule has 2 atom stereocenters. The first-order chi connectivity index (χ1) is 14.1. The molecule has 3 rings (SSSR count). The smallest absolute Gasteiger partial charge is 0.263 e. The summed E-state index contributed by atoms with van der Waals surface area (Å²) < 4.78 is 30.9. The highest BCUT2D eigenvalue weighted by Gasteiger charge is 2.36. The number of amides is 1. The van der Waals surface area contributed by atoms with Gasteiger partial charge >= 0.3 is 0 Å². The maximum atomic E-state index is 13.3. The van der Waals surface area contributed by atoms with Gasteiger partial charge in [0.05, 0.1) is 11.5 Å². The molecular weight excluding hydrogens is 466 g/mol. The topological polar surface area (TPSA) is 63.7 Å². The Morgan fingerprint density at radius 1 is 1.17 bits per heavy atom. The number of benzene rings is 2. The van der Waals surface area contributed by atoms with E-state index in [0.29, 0.717) is 24.6 Å². The lowest BCUT2D eigenvalue weighted by molar-refractivity contribution is -0.140. The van der Waals surface area contributed by atoms with Crippen molar-refractivity contribution in [2.24, 2.45) is 0 Å². The standard InChI is InChI=1S/C23H28BrNO4S/c1-16(2)19-7-9-22(10-8-19)29-17(3)23(26)25(21-11-12-30(27,28)15-21)14-18-5-4-6-20(24)13-18/h4-10,13,16-17,21H,11-12,14-15H2,1-3H3. The van der Waals surface area contributed by atoms with E-state index in [1.165, 1.54) is 5.56 Å². The SMILES string of the molecule is CC(Oc1ccc(C(C)C)cc1)C(=O)N(Cc1cccc(Br)c1)C1CCS(=O)(=O)C1. The Kier molecular flexibility index (Phi) is 7.24. The van der Waals surface area contributed by atoms with Crippen LogP contribution >= 0.6 is 15.9 Å². The molecular formula is C23H28BrNO4S. The predicted octanol–water partition coefficient (Wildman–Crippen LogP) is 4.56. The lowest BCUT2D eigenvalue weighted by atomic mass is 10.0. The Bertz CT molecular complexity index is 989. The Morgan fingerprint density at radius 2 is 1.87 bits per heavy atom. The summed E-state index contributed by atoms with van der Waals surface area (Å²) in [5, 5.41) is 0. The molecule has 5 nitrogen and oxygen atoms in total. The molecule has 0 radical (unpaired) electrons. The summed E-state index contributed by atoms with van der Waals surface area (Å²) in [7, 11) is -3.12. The molecule has 0 aliphatic carbocycles. The van der Waals surface area contributed by atoms with Crippen LogP contribution in [0.4, 0.5) is 0 Å². The third-order valence-electron chi connectivity index (χ3n) is 5.38. The van der Waals surface area contributed by atoms with E-state index >= 15 is 0 Å². The average Bonchev–Trinajstić information content (AvgIpc) is 3.05. The van der Waals surface area contributed by atoms with Crippen LogP contribution in [0.2, 0.25) is 0 Å². The van der Waals surface area contributed by atoms with Gasteiger partial charge in [-0.15, -0.1) is 0 Å². The zero-order valence-electron chi connectivity index (χ0n) is 17.5. The Hall–Kier alpha value is -1.86. The first kappa shape index (κ1) is 22.8.